The minimum Gasteiger partial charge on any atom is -0.461 e. The molecule has 0 amide bonds. The average Bonchev–Trinajstić information content (AvgIpc) is 2.00. The van der Waals surface area contributed by atoms with E-state index in [1.165, 1.54) is 0 Å². The maximum absolute atomic E-state index is 10.9. The number of esters is 1. The molecule has 0 radical (unpaired) electrons. The Morgan fingerprint density at radius 3 is 2.36 bits per heavy atom. The fourth-order valence-corrected chi connectivity index (χ4v) is 1.56. The number of rotatable bonds is 4. The van der Waals surface area contributed by atoms with E-state index >= 15 is 0 Å². The fourth-order valence-electron chi connectivity index (χ4n) is 1.56. The van der Waals surface area contributed by atoms with Crippen molar-refractivity contribution in [3.8, 4) is 0 Å². The normalized spacial score (nSPS) is 29.5. The Balaban J connectivity index is 2.29. The molecule has 1 heterocycles. The van der Waals surface area contributed by atoms with Gasteiger partial charge in [0, 0.05) is 0 Å². The van der Waals surface area contributed by atoms with Crippen LogP contribution in [-0.4, -0.2) is 12.1 Å². The molecule has 0 aromatic rings. The molecule has 64 valence electrons. The first-order valence-corrected chi connectivity index (χ1v) is 4.50. The van der Waals surface area contributed by atoms with Gasteiger partial charge < -0.3 is 4.74 Å². The van der Waals surface area contributed by atoms with Crippen molar-refractivity contribution in [1.82, 2.24) is 0 Å². The molecule has 0 N–H and O–H groups in total. The van der Waals surface area contributed by atoms with Crippen LogP contribution < -0.4 is 0 Å². The maximum Gasteiger partial charge on any atom is 0.313 e. The standard InChI is InChI=1S/C9H16O2/c1-3-5-7-8(6-4-2)11-9(7)10/h7-8H,3-6H2,1-2H3/t7-,8-/m1/s1. The van der Waals surface area contributed by atoms with E-state index in [0.717, 1.165) is 25.7 Å². The average molecular weight is 156 g/mol. The molecule has 0 saturated carbocycles. The van der Waals surface area contributed by atoms with Crippen LogP contribution in [0.15, 0.2) is 0 Å². The summed E-state index contributed by atoms with van der Waals surface area (Å²) in [6.45, 7) is 4.23. The van der Waals surface area contributed by atoms with Crippen LogP contribution in [-0.2, 0) is 9.53 Å². The molecular formula is C9H16O2. The van der Waals surface area contributed by atoms with Gasteiger partial charge in [-0.05, 0) is 12.8 Å². The summed E-state index contributed by atoms with van der Waals surface area (Å²) in [4.78, 5) is 10.9. The molecule has 1 rings (SSSR count). The van der Waals surface area contributed by atoms with Crippen molar-refractivity contribution in [2.45, 2.75) is 45.6 Å². The molecule has 0 aromatic heterocycles. The minimum atomic E-state index is 0.0188. The predicted octanol–water partition coefficient (Wildman–Crippen LogP) is 2.13. The van der Waals surface area contributed by atoms with Gasteiger partial charge in [0.1, 0.15) is 6.10 Å². The molecule has 2 nitrogen and oxygen atoms in total. The molecule has 1 aliphatic heterocycles. The van der Waals surface area contributed by atoms with E-state index in [2.05, 4.69) is 13.8 Å². The molecule has 0 bridgehead atoms. The van der Waals surface area contributed by atoms with E-state index in [9.17, 15) is 4.79 Å². The SMILES string of the molecule is CCC[C@H]1OC(=O)[C@@H]1CCC. The topological polar surface area (TPSA) is 26.3 Å². The van der Waals surface area contributed by atoms with Gasteiger partial charge in [-0.3, -0.25) is 4.79 Å². The first-order valence-electron chi connectivity index (χ1n) is 4.50. The van der Waals surface area contributed by atoms with Crippen LogP contribution in [0.5, 0.6) is 0 Å². The Labute approximate surface area is 67.9 Å². The van der Waals surface area contributed by atoms with Crippen molar-refractivity contribution < 1.29 is 9.53 Å². The maximum atomic E-state index is 10.9. The predicted molar refractivity (Wildman–Crippen MR) is 43.2 cm³/mol. The highest BCUT2D eigenvalue weighted by Crippen LogP contribution is 2.29. The summed E-state index contributed by atoms with van der Waals surface area (Å²) in [6, 6.07) is 0. The molecule has 1 aliphatic rings. The zero-order valence-corrected chi connectivity index (χ0v) is 7.30. The lowest BCUT2D eigenvalue weighted by atomic mass is 9.89. The van der Waals surface area contributed by atoms with Gasteiger partial charge in [0.05, 0.1) is 5.92 Å². The summed E-state index contributed by atoms with van der Waals surface area (Å²) in [6.07, 6.45) is 4.48. The van der Waals surface area contributed by atoms with E-state index in [-0.39, 0.29) is 18.0 Å². The lowest BCUT2D eigenvalue weighted by Gasteiger charge is -2.34. The van der Waals surface area contributed by atoms with Crippen LogP contribution in [0.25, 0.3) is 0 Å². The van der Waals surface area contributed by atoms with Crippen LogP contribution in [0.4, 0.5) is 0 Å². The van der Waals surface area contributed by atoms with E-state index < -0.39 is 0 Å². The van der Waals surface area contributed by atoms with Gasteiger partial charge >= 0.3 is 5.97 Å². The lowest BCUT2D eigenvalue weighted by Crippen LogP contribution is -2.44. The number of carbonyl (C=O) groups is 1. The minimum absolute atomic E-state index is 0.0188. The Morgan fingerprint density at radius 1 is 1.27 bits per heavy atom. The number of hydrogen-bond donors (Lipinski definition) is 0. The third-order valence-electron chi connectivity index (χ3n) is 2.19. The van der Waals surface area contributed by atoms with Crippen LogP contribution in [0.3, 0.4) is 0 Å². The van der Waals surface area contributed by atoms with E-state index in [0.29, 0.717) is 0 Å². The third kappa shape index (κ3) is 1.73. The van der Waals surface area contributed by atoms with Crippen LogP contribution in [0.1, 0.15) is 39.5 Å². The molecular weight excluding hydrogens is 140 g/mol. The first-order chi connectivity index (χ1) is 5.29. The van der Waals surface area contributed by atoms with Gasteiger partial charge in [0.15, 0.2) is 0 Å². The second-order valence-electron chi connectivity index (χ2n) is 3.16. The summed E-state index contributed by atoms with van der Waals surface area (Å²) in [5, 5.41) is 0. The van der Waals surface area contributed by atoms with Crippen molar-refractivity contribution in [3.05, 3.63) is 0 Å². The van der Waals surface area contributed by atoms with Crippen LogP contribution in [0.2, 0.25) is 0 Å². The summed E-state index contributed by atoms with van der Waals surface area (Å²) >= 11 is 0. The van der Waals surface area contributed by atoms with Crippen molar-refractivity contribution in [1.29, 1.82) is 0 Å². The van der Waals surface area contributed by atoms with E-state index in [1.807, 2.05) is 0 Å². The monoisotopic (exact) mass is 156 g/mol. The number of carbonyl (C=O) groups excluding carboxylic acids is 1. The second kappa shape index (κ2) is 3.74. The molecule has 1 saturated heterocycles. The number of cyclic esters (lactones) is 1. The smallest absolute Gasteiger partial charge is 0.313 e. The zero-order valence-electron chi connectivity index (χ0n) is 7.30. The molecule has 2 atom stereocenters. The summed E-state index contributed by atoms with van der Waals surface area (Å²) in [5.74, 6) is 0.241. The molecule has 2 heteroatoms. The van der Waals surface area contributed by atoms with E-state index in [4.69, 9.17) is 4.74 Å². The van der Waals surface area contributed by atoms with Crippen molar-refractivity contribution in [2.75, 3.05) is 0 Å². The quantitative estimate of drug-likeness (QED) is 0.583. The van der Waals surface area contributed by atoms with Crippen LogP contribution >= 0.6 is 0 Å². The Morgan fingerprint density at radius 2 is 1.91 bits per heavy atom. The number of hydrogen-bond acceptors (Lipinski definition) is 2. The summed E-state index contributed by atoms with van der Waals surface area (Å²) < 4.78 is 5.01. The first kappa shape index (κ1) is 8.57. The number of ether oxygens (including phenoxy) is 1. The highest BCUT2D eigenvalue weighted by Gasteiger charge is 2.40. The summed E-state index contributed by atoms with van der Waals surface area (Å²) in [5.41, 5.74) is 0. The van der Waals surface area contributed by atoms with Gasteiger partial charge in [-0.25, -0.2) is 0 Å². The molecule has 0 aromatic carbocycles. The van der Waals surface area contributed by atoms with Crippen molar-refractivity contribution >= 4 is 5.97 Å². The van der Waals surface area contributed by atoms with E-state index in [1.54, 1.807) is 0 Å². The van der Waals surface area contributed by atoms with Crippen molar-refractivity contribution in [2.24, 2.45) is 5.92 Å². The largest absolute Gasteiger partial charge is 0.461 e. The molecule has 11 heavy (non-hydrogen) atoms. The van der Waals surface area contributed by atoms with Gasteiger partial charge in [-0.15, -0.1) is 0 Å². The highest BCUT2D eigenvalue weighted by molar-refractivity contribution is 5.78. The highest BCUT2D eigenvalue weighted by atomic mass is 16.6. The van der Waals surface area contributed by atoms with Gasteiger partial charge in [0.25, 0.3) is 0 Å². The van der Waals surface area contributed by atoms with Crippen LogP contribution in [0, 0.1) is 5.92 Å². The second-order valence-corrected chi connectivity index (χ2v) is 3.16. The van der Waals surface area contributed by atoms with Gasteiger partial charge in [0.2, 0.25) is 0 Å². The Hall–Kier alpha value is -0.530. The van der Waals surface area contributed by atoms with Gasteiger partial charge in [-0.1, -0.05) is 26.7 Å². The fraction of sp³-hybridized carbons (Fsp3) is 0.889. The zero-order chi connectivity index (χ0) is 8.27. The Kier molecular flexibility index (Phi) is 2.92. The van der Waals surface area contributed by atoms with Crippen molar-refractivity contribution in [3.63, 3.8) is 0 Å². The molecule has 1 fully saturated rings. The third-order valence-corrected chi connectivity index (χ3v) is 2.19. The molecule has 0 aliphatic carbocycles. The molecule has 0 unspecified atom stereocenters. The van der Waals surface area contributed by atoms with Gasteiger partial charge in [-0.2, -0.15) is 0 Å². The lowest BCUT2D eigenvalue weighted by molar-refractivity contribution is -0.185. The Bertz CT molecular complexity index is 142. The summed E-state index contributed by atoms with van der Waals surface area (Å²) in [7, 11) is 0. The molecule has 0 spiro atoms.